The van der Waals surface area contributed by atoms with Crippen LogP contribution in [0.5, 0.6) is 0 Å². The predicted molar refractivity (Wildman–Crippen MR) is 93.7 cm³/mol. The molecular formula is C14H12IN5OS. The molecule has 2 heterocycles. The highest BCUT2D eigenvalue weighted by Crippen LogP contribution is 2.18. The molecule has 8 heteroatoms. The van der Waals surface area contributed by atoms with Crippen molar-refractivity contribution in [2.24, 2.45) is 0 Å². The number of hydrogen-bond acceptors (Lipinski definition) is 5. The Morgan fingerprint density at radius 1 is 1.41 bits per heavy atom. The second-order valence-corrected chi connectivity index (χ2v) is 6.69. The molecule has 0 unspecified atom stereocenters. The van der Waals surface area contributed by atoms with E-state index in [9.17, 15) is 4.79 Å². The highest BCUT2D eigenvalue weighted by Gasteiger charge is 2.10. The van der Waals surface area contributed by atoms with Gasteiger partial charge in [-0.15, -0.1) is 10.2 Å². The van der Waals surface area contributed by atoms with E-state index in [1.165, 1.54) is 4.80 Å². The topological polar surface area (TPSA) is 72.7 Å². The van der Waals surface area contributed by atoms with Crippen molar-refractivity contribution in [3.8, 4) is 11.4 Å². The highest BCUT2D eigenvalue weighted by molar-refractivity contribution is 14.1. The average Bonchev–Trinajstić information content (AvgIpc) is 3.12. The van der Waals surface area contributed by atoms with Crippen molar-refractivity contribution in [1.82, 2.24) is 20.2 Å². The fourth-order valence-corrected chi connectivity index (χ4v) is 3.18. The number of benzene rings is 1. The van der Waals surface area contributed by atoms with Gasteiger partial charge in [0.05, 0.1) is 0 Å². The van der Waals surface area contributed by atoms with Gasteiger partial charge in [0, 0.05) is 20.2 Å². The van der Waals surface area contributed by atoms with Crippen molar-refractivity contribution < 1.29 is 4.79 Å². The van der Waals surface area contributed by atoms with Crippen molar-refractivity contribution in [3.63, 3.8) is 0 Å². The standard InChI is InChI=1S/C14H12IN5OS/c1-9-6-11(15)2-3-12(9)16-13(21)7-20-18-14(17-19-20)10-4-5-22-8-10/h2-6,8H,7H2,1H3,(H,16,21). The van der Waals surface area contributed by atoms with Crippen molar-refractivity contribution in [2.45, 2.75) is 13.5 Å². The monoisotopic (exact) mass is 425 g/mol. The molecule has 2 aromatic heterocycles. The van der Waals surface area contributed by atoms with Crippen molar-refractivity contribution in [3.05, 3.63) is 44.2 Å². The van der Waals surface area contributed by atoms with E-state index in [1.54, 1.807) is 11.3 Å². The molecule has 0 atom stereocenters. The van der Waals surface area contributed by atoms with E-state index in [0.717, 1.165) is 20.4 Å². The largest absolute Gasteiger partial charge is 0.324 e. The summed E-state index contributed by atoms with van der Waals surface area (Å²) >= 11 is 3.80. The van der Waals surface area contributed by atoms with Crippen LogP contribution < -0.4 is 5.32 Å². The zero-order chi connectivity index (χ0) is 15.5. The molecule has 0 radical (unpaired) electrons. The minimum absolute atomic E-state index is 0.0303. The van der Waals surface area contributed by atoms with Crippen molar-refractivity contribution in [2.75, 3.05) is 5.32 Å². The van der Waals surface area contributed by atoms with Gasteiger partial charge in [-0.3, -0.25) is 4.79 Å². The predicted octanol–water partition coefficient (Wildman–Crippen LogP) is 2.95. The number of anilines is 1. The van der Waals surface area contributed by atoms with Crippen molar-refractivity contribution >= 4 is 45.5 Å². The first-order valence-electron chi connectivity index (χ1n) is 6.48. The van der Waals surface area contributed by atoms with Crippen LogP contribution in [0.2, 0.25) is 0 Å². The average molecular weight is 425 g/mol. The summed E-state index contributed by atoms with van der Waals surface area (Å²) in [5.74, 6) is 0.345. The number of halogens is 1. The summed E-state index contributed by atoms with van der Waals surface area (Å²) in [7, 11) is 0. The van der Waals surface area contributed by atoms with Crippen LogP contribution in [0.25, 0.3) is 11.4 Å². The maximum Gasteiger partial charge on any atom is 0.248 e. The molecule has 0 fully saturated rings. The van der Waals surface area contributed by atoms with Crippen LogP contribution in [0.4, 0.5) is 5.69 Å². The summed E-state index contributed by atoms with van der Waals surface area (Å²) in [6.07, 6.45) is 0. The number of aromatic nitrogens is 4. The minimum atomic E-state index is -0.182. The molecule has 0 aliphatic heterocycles. The van der Waals surface area contributed by atoms with E-state index in [4.69, 9.17) is 0 Å². The molecule has 0 bridgehead atoms. The summed E-state index contributed by atoms with van der Waals surface area (Å²) in [4.78, 5) is 13.4. The number of nitrogens with one attached hydrogen (secondary N) is 1. The third-order valence-corrected chi connectivity index (χ3v) is 4.33. The van der Waals surface area contributed by atoms with Gasteiger partial charge in [0.15, 0.2) is 0 Å². The van der Waals surface area contributed by atoms with E-state index in [1.807, 2.05) is 41.9 Å². The molecule has 0 saturated carbocycles. The maximum absolute atomic E-state index is 12.1. The Kier molecular flexibility index (Phi) is 4.48. The molecular weight excluding hydrogens is 413 g/mol. The lowest BCUT2D eigenvalue weighted by Gasteiger charge is -2.08. The number of carbonyl (C=O) groups is 1. The van der Waals surface area contributed by atoms with Gasteiger partial charge in [0.2, 0.25) is 11.7 Å². The Morgan fingerprint density at radius 2 is 2.27 bits per heavy atom. The first kappa shape index (κ1) is 15.1. The van der Waals surface area contributed by atoms with Crippen LogP contribution in [-0.2, 0) is 11.3 Å². The zero-order valence-electron chi connectivity index (χ0n) is 11.7. The van der Waals surface area contributed by atoms with Crippen LogP contribution >= 0.6 is 33.9 Å². The second-order valence-electron chi connectivity index (χ2n) is 4.66. The molecule has 0 spiro atoms. The summed E-state index contributed by atoms with van der Waals surface area (Å²) in [5.41, 5.74) is 2.72. The molecule has 22 heavy (non-hydrogen) atoms. The van der Waals surface area contributed by atoms with Gasteiger partial charge < -0.3 is 5.32 Å². The van der Waals surface area contributed by atoms with Crippen LogP contribution in [-0.4, -0.2) is 26.1 Å². The number of tetrazole rings is 1. The van der Waals surface area contributed by atoms with E-state index in [-0.39, 0.29) is 12.5 Å². The lowest BCUT2D eigenvalue weighted by atomic mass is 10.2. The van der Waals surface area contributed by atoms with Gasteiger partial charge >= 0.3 is 0 Å². The minimum Gasteiger partial charge on any atom is -0.324 e. The number of nitrogens with zero attached hydrogens (tertiary/aromatic N) is 4. The zero-order valence-corrected chi connectivity index (χ0v) is 14.6. The van der Waals surface area contributed by atoms with Gasteiger partial charge in [0.1, 0.15) is 6.54 Å². The Morgan fingerprint density at radius 3 is 3.00 bits per heavy atom. The maximum atomic E-state index is 12.1. The van der Waals surface area contributed by atoms with Gasteiger partial charge in [0.25, 0.3) is 0 Å². The number of carbonyl (C=O) groups excluding carboxylic acids is 1. The van der Waals surface area contributed by atoms with Gasteiger partial charge in [-0.05, 0) is 69.9 Å². The molecule has 0 aliphatic carbocycles. The van der Waals surface area contributed by atoms with Gasteiger partial charge in [-0.1, -0.05) is 0 Å². The van der Waals surface area contributed by atoms with E-state index in [0.29, 0.717) is 5.82 Å². The van der Waals surface area contributed by atoms with Crippen LogP contribution in [0.1, 0.15) is 5.56 Å². The van der Waals surface area contributed by atoms with Crippen LogP contribution in [0, 0.1) is 10.5 Å². The molecule has 112 valence electrons. The summed E-state index contributed by atoms with van der Waals surface area (Å²) < 4.78 is 1.13. The Balaban J connectivity index is 1.67. The van der Waals surface area contributed by atoms with Crippen LogP contribution in [0.3, 0.4) is 0 Å². The third kappa shape index (κ3) is 3.50. The number of rotatable bonds is 4. The molecule has 0 saturated heterocycles. The number of aryl methyl sites for hydroxylation is 1. The summed E-state index contributed by atoms with van der Waals surface area (Å²) in [6, 6.07) is 7.77. The first-order valence-corrected chi connectivity index (χ1v) is 8.50. The van der Waals surface area contributed by atoms with E-state index >= 15 is 0 Å². The quantitative estimate of drug-likeness (QED) is 0.653. The fraction of sp³-hybridized carbons (Fsp3) is 0.143. The number of amides is 1. The molecule has 3 rings (SSSR count). The molecule has 0 aliphatic rings. The molecule has 3 aromatic rings. The van der Waals surface area contributed by atoms with Gasteiger partial charge in [-0.2, -0.15) is 16.1 Å². The SMILES string of the molecule is Cc1cc(I)ccc1NC(=O)Cn1nnc(-c2ccsc2)n1. The molecule has 6 nitrogen and oxygen atoms in total. The fourth-order valence-electron chi connectivity index (χ4n) is 1.90. The van der Waals surface area contributed by atoms with E-state index < -0.39 is 0 Å². The normalized spacial score (nSPS) is 10.6. The highest BCUT2D eigenvalue weighted by atomic mass is 127. The lowest BCUT2D eigenvalue weighted by Crippen LogP contribution is -2.21. The Hall–Kier alpha value is -1.81. The van der Waals surface area contributed by atoms with E-state index in [2.05, 4.69) is 43.3 Å². The van der Waals surface area contributed by atoms with Crippen LogP contribution in [0.15, 0.2) is 35.0 Å². The molecule has 1 N–H and O–H groups in total. The Bertz CT molecular complexity index is 799. The van der Waals surface area contributed by atoms with Gasteiger partial charge in [-0.25, -0.2) is 0 Å². The molecule has 1 amide bonds. The third-order valence-electron chi connectivity index (χ3n) is 2.98. The second kappa shape index (κ2) is 6.53. The summed E-state index contributed by atoms with van der Waals surface area (Å²) in [5, 5.41) is 18.8. The lowest BCUT2D eigenvalue weighted by molar-refractivity contribution is -0.117. The molecule has 1 aromatic carbocycles. The first-order chi connectivity index (χ1) is 10.6. The Labute approximate surface area is 144 Å². The number of thiophene rings is 1. The number of hydrogen-bond donors (Lipinski definition) is 1. The smallest absolute Gasteiger partial charge is 0.248 e. The van der Waals surface area contributed by atoms with Crippen molar-refractivity contribution in [1.29, 1.82) is 0 Å². The summed E-state index contributed by atoms with van der Waals surface area (Å²) in [6.45, 7) is 1.99.